The number of carbonyl (C=O) groups is 2. The molecule has 1 aromatic carbocycles. The summed E-state index contributed by atoms with van der Waals surface area (Å²) in [5, 5.41) is 1.83. The largest absolute Gasteiger partial charge is 0.279 e. The number of rotatable bonds is 4. The van der Waals surface area contributed by atoms with Crippen LogP contribution in [0.25, 0.3) is 0 Å². The van der Waals surface area contributed by atoms with Crippen LogP contribution in [0.4, 0.5) is 0 Å². The molecule has 2 heterocycles. The van der Waals surface area contributed by atoms with Gasteiger partial charge in [-0.2, -0.15) is 4.31 Å². The van der Waals surface area contributed by atoms with E-state index in [-0.39, 0.29) is 15.5 Å². The van der Waals surface area contributed by atoms with E-state index in [0.717, 1.165) is 12.8 Å². The maximum atomic E-state index is 12.6. The first kappa shape index (κ1) is 18.8. The van der Waals surface area contributed by atoms with Crippen LogP contribution < -0.4 is 10.9 Å². The van der Waals surface area contributed by atoms with Crippen molar-refractivity contribution < 1.29 is 18.0 Å². The lowest BCUT2D eigenvalue weighted by Crippen LogP contribution is -2.41. The second-order valence-electron chi connectivity index (χ2n) is 5.64. The van der Waals surface area contributed by atoms with Gasteiger partial charge in [0.25, 0.3) is 11.8 Å². The summed E-state index contributed by atoms with van der Waals surface area (Å²) >= 11 is 7.26. The molecular weight excluding hydrogens is 398 g/mol. The van der Waals surface area contributed by atoms with Crippen molar-refractivity contribution in [3.8, 4) is 0 Å². The fourth-order valence-electron chi connectivity index (χ4n) is 2.57. The van der Waals surface area contributed by atoms with Crippen molar-refractivity contribution in [3.05, 3.63) is 51.2 Å². The summed E-state index contributed by atoms with van der Waals surface area (Å²) in [4.78, 5) is 24.6. The van der Waals surface area contributed by atoms with Gasteiger partial charge in [-0.1, -0.05) is 17.7 Å². The Hall–Kier alpha value is -1.94. The van der Waals surface area contributed by atoms with E-state index in [1.54, 1.807) is 17.5 Å². The Bertz CT molecular complexity index is 923. The lowest BCUT2D eigenvalue weighted by molar-refractivity contribution is 0.0849. The van der Waals surface area contributed by atoms with Crippen LogP contribution in [0.1, 0.15) is 32.9 Å². The molecule has 26 heavy (non-hydrogen) atoms. The smallest absolute Gasteiger partial charge is 0.267 e. The number of hydrazine groups is 1. The average Bonchev–Trinajstić information content (AvgIpc) is 3.33. The first-order valence-corrected chi connectivity index (χ1v) is 10.5. The first-order chi connectivity index (χ1) is 12.4. The van der Waals surface area contributed by atoms with Crippen molar-refractivity contribution in [1.29, 1.82) is 0 Å². The topological polar surface area (TPSA) is 95.6 Å². The molecule has 2 aromatic rings. The number of thiophene rings is 1. The Labute approximate surface area is 160 Å². The van der Waals surface area contributed by atoms with Gasteiger partial charge in [-0.15, -0.1) is 11.3 Å². The predicted molar refractivity (Wildman–Crippen MR) is 98.7 cm³/mol. The highest BCUT2D eigenvalue weighted by molar-refractivity contribution is 7.89. The fraction of sp³-hybridized carbons (Fsp3) is 0.250. The van der Waals surface area contributed by atoms with Crippen molar-refractivity contribution in [3.63, 3.8) is 0 Å². The van der Waals surface area contributed by atoms with Gasteiger partial charge >= 0.3 is 0 Å². The van der Waals surface area contributed by atoms with Crippen LogP contribution in [0.2, 0.25) is 5.02 Å². The third kappa shape index (κ3) is 3.90. The predicted octanol–water partition coefficient (Wildman–Crippen LogP) is 2.26. The molecule has 0 bridgehead atoms. The number of nitrogens with one attached hydrogen (secondary N) is 2. The van der Waals surface area contributed by atoms with E-state index in [2.05, 4.69) is 10.9 Å². The van der Waals surface area contributed by atoms with Crippen LogP contribution in [-0.4, -0.2) is 37.6 Å². The Morgan fingerprint density at radius 1 is 1.08 bits per heavy atom. The molecular formula is C16H16ClN3O4S2. The summed E-state index contributed by atoms with van der Waals surface area (Å²) in [7, 11) is -3.67. The van der Waals surface area contributed by atoms with Crippen LogP contribution in [-0.2, 0) is 10.0 Å². The molecule has 0 radical (unpaired) electrons. The molecule has 3 rings (SSSR count). The minimum atomic E-state index is -3.67. The Balaban J connectivity index is 1.77. The van der Waals surface area contributed by atoms with Crippen molar-refractivity contribution >= 4 is 44.8 Å². The molecule has 1 aromatic heterocycles. The van der Waals surface area contributed by atoms with E-state index in [4.69, 9.17) is 11.6 Å². The van der Waals surface area contributed by atoms with E-state index in [1.807, 2.05) is 0 Å². The molecule has 1 saturated heterocycles. The molecule has 7 nitrogen and oxygen atoms in total. The number of nitrogens with zero attached hydrogens (tertiary/aromatic N) is 1. The number of amides is 2. The second-order valence-corrected chi connectivity index (χ2v) is 8.93. The van der Waals surface area contributed by atoms with Gasteiger partial charge in [0.1, 0.15) is 0 Å². The fourth-order valence-corrected chi connectivity index (χ4v) is 4.93. The molecule has 0 aliphatic carbocycles. The van der Waals surface area contributed by atoms with Gasteiger partial charge < -0.3 is 0 Å². The quantitative estimate of drug-likeness (QED) is 0.751. The third-order valence-corrected chi connectivity index (χ3v) is 7.01. The number of hydrogen-bond donors (Lipinski definition) is 2. The molecule has 138 valence electrons. The molecule has 1 aliphatic heterocycles. The zero-order chi connectivity index (χ0) is 18.7. The summed E-state index contributed by atoms with van der Waals surface area (Å²) in [6.07, 6.45) is 1.63. The Morgan fingerprint density at radius 3 is 2.42 bits per heavy atom. The van der Waals surface area contributed by atoms with Gasteiger partial charge in [-0.25, -0.2) is 8.42 Å². The monoisotopic (exact) mass is 413 g/mol. The van der Waals surface area contributed by atoms with E-state index < -0.39 is 21.8 Å². The maximum Gasteiger partial charge on any atom is 0.279 e. The lowest BCUT2D eigenvalue weighted by atomic mass is 10.2. The average molecular weight is 414 g/mol. The van der Waals surface area contributed by atoms with Gasteiger partial charge in [-0.3, -0.25) is 20.4 Å². The SMILES string of the molecule is O=C(NNC(=O)c1cc(S(=O)(=O)N2CCCC2)ccc1Cl)c1cccs1. The molecule has 1 aliphatic rings. The van der Waals surface area contributed by atoms with Crippen molar-refractivity contribution in [2.24, 2.45) is 0 Å². The minimum absolute atomic E-state index is 0.00136. The van der Waals surface area contributed by atoms with Gasteiger partial charge in [0, 0.05) is 13.1 Å². The summed E-state index contributed by atoms with van der Waals surface area (Å²) in [6.45, 7) is 0.923. The van der Waals surface area contributed by atoms with Crippen LogP contribution in [0.15, 0.2) is 40.6 Å². The molecule has 2 N–H and O–H groups in total. The number of hydrogen-bond acceptors (Lipinski definition) is 5. The number of carbonyl (C=O) groups excluding carboxylic acids is 2. The molecule has 0 spiro atoms. The highest BCUT2D eigenvalue weighted by Gasteiger charge is 2.28. The Morgan fingerprint density at radius 2 is 1.77 bits per heavy atom. The van der Waals surface area contributed by atoms with E-state index in [0.29, 0.717) is 18.0 Å². The van der Waals surface area contributed by atoms with Crippen molar-refractivity contribution in [2.75, 3.05) is 13.1 Å². The highest BCUT2D eigenvalue weighted by atomic mass is 35.5. The van der Waals surface area contributed by atoms with Gasteiger partial charge in [0.05, 0.1) is 20.4 Å². The standard InChI is InChI=1S/C16H16ClN3O4S2/c17-13-6-5-11(26(23,24)20-7-1-2-8-20)10-12(13)15(21)18-19-16(22)14-4-3-9-25-14/h3-6,9-10H,1-2,7-8H2,(H,18,21)(H,19,22). The van der Waals surface area contributed by atoms with Crippen molar-refractivity contribution in [2.45, 2.75) is 17.7 Å². The lowest BCUT2D eigenvalue weighted by Gasteiger charge is -2.16. The third-order valence-electron chi connectivity index (χ3n) is 3.92. The second kappa shape index (κ2) is 7.75. The normalized spacial score (nSPS) is 15.0. The zero-order valence-electron chi connectivity index (χ0n) is 13.6. The molecule has 0 saturated carbocycles. The van der Waals surface area contributed by atoms with Gasteiger partial charge in [0.2, 0.25) is 10.0 Å². The number of halogens is 1. The molecule has 2 amide bonds. The van der Waals surface area contributed by atoms with Crippen LogP contribution in [0.5, 0.6) is 0 Å². The van der Waals surface area contributed by atoms with Crippen LogP contribution in [0.3, 0.4) is 0 Å². The molecule has 0 atom stereocenters. The highest BCUT2D eigenvalue weighted by Crippen LogP contribution is 2.25. The summed E-state index contributed by atoms with van der Waals surface area (Å²) in [6, 6.07) is 7.29. The molecule has 1 fully saturated rings. The van der Waals surface area contributed by atoms with Gasteiger partial charge in [0.15, 0.2) is 0 Å². The summed E-state index contributed by atoms with van der Waals surface area (Å²) in [5.74, 6) is -1.16. The van der Waals surface area contributed by atoms with Gasteiger partial charge in [-0.05, 0) is 42.5 Å². The van der Waals surface area contributed by atoms with E-state index in [9.17, 15) is 18.0 Å². The maximum absolute atomic E-state index is 12.6. The number of sulfonamides is 1. The van der Waals surface area contributed by atoms with E-state index in [1.165, 1.54) is 33.8 Å². The van der Waals surface area contributed by atoms with Crippen LogP contribution in [0, 0.1) is 0 Å². The van der Waals surface area contributed by atoms with E-state index >= 15 is 0 Å². The summed E-state index contributed by atoms with van der Waals surface area (Å²) < 4.78 is 26.6. The molecule has 0 unspecified atom stereocenters. The minimum Gasteiger partial charge on any atom is -0.267 e. The Kier molecular flexibility index (Phi) is 5.61. The summed E-state index contributed by atoms with van der Waals surface area (Å²) in [5.41, 5.74) is 4.50. The first-order valence-electron chi connectivity index (χ1n) is 7.83. The van der Waals surface area contributed by atoms with Crippen LogP contribution >= 0.6 is 22.9 Å². The molecule has 10 heteroatoms. The van der Waals surface area contributed by atoms with Crippen molar-refractivity contribution in [1.82, 2.24) is 15.2 Å². The zero-order valence-corrected chi connectivity index (χ0v) is 16.0. The number of benzene rings is 1.